The fraction of sp³-hybridized carbons (Fsp3) is 0.440. The van der Waals surface area contributed by atoms with Crippen LogP contribution in [0, 0.1) is 6.92 Å². The summed E-state index contributed by atoms with van der Waals surface area (Å²) in [5, 5.41) is 3.27. The van der Waals surface area contributed by atoms with Crippen molar-refractivity contribution in [2.45, 2.75) is 50.7 Å². The number of hydrogen-bond donors (Lipinski definition) is 1. The standard InChI is InChI=1S/C25H27F3N2O5/c1-15-3-5-16(6-4-15)14-30-11-9-17(10-12-30)29-21-19-13-18(33-2)7-8-20(19)34-23(31)22(21)35-24(32)25(26,27)28/h3-8,13,17,21-22,29H,9-12,14H2,1-2H3. The molecule has 2 aromatic carbocycles. The molecule has 1 fully saturated rings. The highest BCUT2D eigenvalue weighted by atomic mass is 19.4. The van der Waals surface area contributed by atoms with Gasteiger partial charge in [-0.2, -0.15) is 13.2 Å². The lowest BCUT2D eigenvalue weighted by molar-refractivity contribution is -0.209. The summed E-state index contributed by atoms with van der Waals surface area (Å²) >= 11 is 0. The van der Waals surface area contributed by atoms with Crippen molar-refractivity contribution < 1.29 is 37.0 Å². The lowest BCUT2D eigenvalue weighted by atomic mass is 9.94. The Balaban J connectivity index is 1.49. The van der Waals surface area contributed by atoms with Gasteiger partial charge in [-0.1, -0.05) is 29.8 Å². The van der Waals surface area contributed by atoms with E-state index in [0.29, 0.717) is 24.2 Å². The van der Waals surface area contributed by atoms with Crippen LogP contribution in [0.4, 0.5) is 13.2 Å². The third-order valence-corrected chi connectivity index (χ3v) is 6.29. The lowest BCUT2D eigenvalue weighted by Gasteiger charge is -2.38. The molecule has 1 N–H and O–H groups in total. The van der Waals surface area contributed by atoms with E-state index in [0.717, 1.165) is 19.6 Å². The molecule has 2 unspecified atom stereocenters. The molecule has 0 amide bonds. The normalized spacial score (nSPS) is 21.2. The first-order chi connectivity index (χ1) is 16.6. The van der Waals surface area contributed by atoms with Gasteiger partial charge in [-0.05, 0) is 56.6 Å². The van der Waals surface area contributed by atoms with E-state index in [-0.39, 0.29) is 11.8 Å². The number of nitrogens with zero attached hydrogens (tertiary/aromatic N) is 1. The van der Waals surface area contributed by atoms with E-state index >= 15 is 0 Å². The van der Waals surface area contributed by atoms with Gasteiger partial charge in [0.15, 0.2) is 0 Å². The summed E-state index contributed by atoms with van der Waals surface area (Å²) in [5.41, 5.74) is 2.79. The fourth-order valence-corrected chi connectivity index (χ4v) is 4.39. The smallest absolute Gasteiger partial charge is 0.490 e. The van der Waals surface area contributed by atoms with Crippen molar-refractivity contribution in [3.8, 4) is 11.5 Å². The van der Waals surface area contributed by atoms with Gasteiger partial charge in [-0.15, -0.1) is 0 Å². The van der Waals surface area contributed by atoms with Crippen molar-refractivity contribution in [2.24, 2.45) is 0 Å². The highest BCUT2D eigenvalue weighted by Gasteiger charge is 2.48. The molecule has 35 heavy (non-hydrogen) atoms. The zero-order valence-corrected chi connectivity index (χ0v) is 19.4. The van der Waals surface area contributed by atoms with Crippen molar-refractivity contribution in [3.05, 3.63) is 59.2 Å². The molecule has 2 aliphatic heterocycles. The van der Waals surface area contributed by atoms with Crippen LogP contribution in [0.3, 0.4) is 0 Å². The Morgan fingerprint density at radius 3 is 2.46 bits per heavy atom. The van der Waals surface area contributed by atoms with Crippen LogP contribution in [-0.4, -0.2) is 55.4 Å². The highest BCUT2D eigenvalue weighted by Crippen LogP contribution is 2.38. The van der Waals surface area contributed by atoms with E-state index in [2.05, 4.69) is 39.2 Å². The molecule has 2 aromatic rings. The van der Waals surface area contributed by atoms with Gasteiger partial charge in [0.05, 0.1) is 13.2 Å². The number of carbonyl (C=O) groups excluding carboxylic acids is 2. The topological polar surface area (TPSA) is 77.1 Å². The molecule has 0 aromatic heterocycles. The Morgan fingerprint density at radius 2 is 1.83 bits per heavy atom. The minimum atomic E-state index is -5.24. The quantitative estimate of drug-likeness (QED) is 0.487. The van der Waals surface area contributed by atoms with Crippen LogP contribution in [0.1, 0.15) is 35.6 Å². The predicted molar refractivity (Wildman–Crippen MR) is 120 cm³/mol. The van der Waals surface area contributed by atoms with Crippen LogP contribution in [0.5, 0.6) is 11.5 Å². The van der Waals surface area contributed by atoms with Crippen LogP contribution in [0.25, 0.3) is 0 Å². The van der Waals surface area contributed by atoms with Gasteiger partial charge in [0.1, 0.15) is 11.5 Å². The number of methoxy groups -OCH3 is 1. The number of nitrogens with one attached hydrogen (secondary N) is 1. The van der Waals surface area contributed by atoms with Crippen LogP contribution in [-0.2, 0) is 20.9 Å². The Kier molecular flexibility index (Phi) is 7.32. The zero-order valence-electron chi connectivity index (χ0n) is 19.4. The van der Waals surface area contributed by atoms with Gasteiger partial charge in [-0.25, -0.2) is 9.59 Å². The molecule has 0 spiro atoms. The van der Waals surface area contributed by atoms with Crippen molar-refractivity contribution >= 4 is 11.9 Å². The Labute approximate surface area is 201 Å². The molecule has 4 rings (SSSR count). The molecule has 0 saturated carbocycles. The maximum absolute atomic E-state index is 12.9. The SMILES string of the molecule is COc1ccc2c(c1)C(NC1CCN(Cc3ccc(C)cc3)CC1)C(OC(=O)C(F)(F)F)C(=O)O2. The molecule has 2 atom stereocenters. The summed E-state index contributed by atoms with van der Waals surface area (Å²) in [5.74, 6) is -2.88. The number of fused-ring (bicyclic) bond motifs is 1. The molecule has 10 heteroatoms. The third kappa shape index (κ3) is 5.94. The van der Waals surface area contributed by atoms with E-state index in [9.17, 15) is 22.8 Å². The number of rotatable bonds is 6. The summed E-state index contributed by atoms with van der Waals surface area (Å²) < 4.78 is 53.7. The first-order valence-corrected chi connectivity index (χ1v) is 11.4. The second-order valence-electron chi connectivity index (χ2n) is 8.83. The van der Waals surface area contributed by atoms with Crippen LogP contribution < -0.4 is 14.8 Å². The number of halogens is 3. The minimum absolute atomic E-state index is 0.105. The largest absolute Gasteiger partial charge is 0.497 e. The van der Waals surface area contributed by atoms with Gasteiger partial charge in [0, 0.05) is 18.2 Å². The molecule has 7 nitrogen and oxygen atoms in total. The summed E-state index contributed by atoms with van der Waals surface area (Å²) in [6.45, 7) is 4.37. The van der Waals surface area contributed by atoms with Crippen LogP contribution in [0.15, 0.2) is 42.5 Å². The number of ether oxygens (including phenoxy) is 3. The van der Waals surface area contributed by atoms with Crippen molar-refractivity contribution in [1.29, 1.82) is 0 Å². The van der Waals surface area contributed by atoms with E-state index < -0.39 is 30.3 Å². The lowest BCUT2D eigenvalue weighted by Crippen LogP contribution is -2.51. The Bertz CT molecular complexity index is 1070. The molecular weight excluding hydrogens is 465 g/mol. The second-order valence-corrected chi connectivity index (χ2v) is 8.83. The second kappa shape index (κ2) is 10.2. The number of carbonyl (C=O) groups is 2. The number of hydrogen-bond acceptors (Lipinski definition) is 7. The molecule has 0 bridgehead atoms. The zero-order chi connectivity index (χ0) is 25.2. The average Bonchev–Trinajstić information content (AvgIpc) is 2.83. The molecule has 0 radical (unpaired) electrons. The number of alkyl halides is 3. The first-order valence-electron chi connectivity index (χ1n) is 11.4. The van der Waals surface area contributed by atoms with Crippen LogP contribution >= 0.6 is 0 Å². The number of esters is 2. The Hall–Kier alpha value is -3.11. The van der Waals surface area contributed by atoms with E-state index in [4.69, 9.17) is 9.47 Å². The number of aryl methyl sites for hydroxylation is 1. The van der Waals surface area contributed by atoms with E-state index in [1.807, 2.05) is 6.92 Å². The van der Waals surface area contributed by atoms with Gasteiger partial charge in [0.25, 0.3) is 0 Å². The molecule has 0 aliphatic carbocycles. The van der Waals surface area contributed by atoms with Crippen LogP contribution in [0.2, 0.25) is 0 Å². The molecule has 2 aliphatic rings. The summed E-state index contributed by atoms with van der Waals surface area (Å²) in [6.07, 6.45) is -5.61. The monoisotopic (exact) mass is 492 g/mol. The average molecular weight is 492 g/mol. The number of likely N-dealkylation sites (tertiary alicyclic amines) is 1. The Morgan fingerprint density at radius 1 is 1.14 bits per heavy atom. The summed E-state index contributed by atoms with van der Waals surface area (Å²) in [6, 6.07) is 11.9. The van der Waals surface area contributed by atoms with Crippen molar-refractivity contribution in [1.82, 2.24) is 10.2 Å². The third-order valence-electron chi connectivity index (χ3n) is 6.29. The molecule has 2 heterocycles. The summed E-state index contributed by atoms with van der Waals surface area (Å²) in [7, 11) is 1.45. The van der Waals surface area contributed by atoms with Crippen molar-refractivity contribution in [3.63, 3.8) is 0 Å². The molecular formula is C25H27F3N2O5. The van der Waals surface area contributed by atoms with Gasteiger partial charge in [-0.3, -0.25) is 4.90 Å². The van der Waals surface area contributed by atoms with Crippen molar-refractivity contribution in [2.75, 3.05) is 20.2 Å². The minimum Gasteiger partial charge on any atom is -0.497 e. The van der Waals surface area contributed by atoms with Gasteiger partial charge in [0.2, 0.25) is 6.10 Å². The molecule has 1 saturated heterocycles. The van der Waals surface area contributed by atoms with Gasteiger partial charge >= 0.3 is 18.1 Å². The number of benzene rings is 2. The van der Waals surface area contributed by atoms with E-state index in [1.165, 1.54) is 24.3 Å². The maximum Gasteiger partial charge on any atom is 0.490 e. The number of piperidine rings is 1. The predicted octanol–water partition coefficient (Wildman–Crippen LogP) is 3.69. The summed E-state index contributed by atoms with van der Waals surface area (Å²) in [4.78, 5) is 26.4. The first kappa shape index (κ1) is 25.0. The molecule has 188 valence electrons. The highest BCUT2D eigenvalue weighted by molar-refractivity contribution is 5.85. The maximum atomic E-state index is 12.9. The van der Waals surface area contributed by atoms with Gasteiger partial charge < -0.3 is 19.5 Å². The fourth-order valence-electron chi connectivity index (χ4n) is 4.39. The van der Waals surface area contributed by atoms with E-state index in [1.54, 1.807) is 12.1 Å².